The predicted molar refractivity (Wildman–Crippen MR) is 188 cm³/mol. The minimum atomic E-state index is -0.635. The van der Waals surface area contributed by atoms with E-state index in [4.69, 9.17) is 0 Å². The van der Waals surface area contributed by atoms with Crippen LogP contribution in [-0.4, -0.2) is 87.3 Å². The van der Waals surface area contributed by atoms with E-state index in [1.54, 1.807) is 22.2 Å². The number of carbonyl (C=O) groups excluding carboxylic acids is 4. The number of nitrogens with zero attached hydrogens (tertiary/aromatic N) is 4. The number of likely N-dealkylation sites (tertiary alicyclic amines) is 1. The Kier molecular flexibility index (Phi) is 10.5. The predicted octanol–water partition coefficient (Wildman–Crippen LogP) is 4.79. The standard InChI is InChI=1S/C37H40N8O5/c1-3-14-44(34(47)20-38-23-46)22-33-39-18-31(42-33)29-13-12-27-16-26(10-11-28(27)17-29)24-6-8-25(9-7-24)30-19-40-36(43-30)32-5-4-15-45(32)35(48)21-41-37(49)50-2/h6-13,16-19,23,32H,3-5,14-15,20-22H2,1-2H3,(H,38,46)(H,39,42)(H,40,43)(H,41,49)/t32-/m0/s1. The monoisotopic (exact) mass is 676 g/mol. The summed E-state index contributed by atoms with van der Waals surface area (Å²) in [5.74, 6) is 1.08. The average molecular weight is 677 g/mol. The first kappa shape index (κ1) is 33.9. The molecular weight excluding hydrogens is 636 g/mol. The van der Waals surface area contributed by atoms with Crippen molar-refractivity contribution in [1.29, 1.82) is 0 Å². The van der Waals surface area contributed by atoms with Crippen molar-refractivity contribution >= 4 is 35.1 Å². The van der Waals surface area contributed by atoms with Crippen molar-refractivity contribution in [2.24, 2.45) is 0 Å². The minimum Gasteiger partial charge on any atom is -0.453 e. The number of ether oxygens (including phenoxy) is 1. The molecule has 4 amide bonds. The number of fused-ring (bicyclic) bond motifs is 1. The van der Waals surface area contributed by atoms with Crippen molar-refractivity contribution in [2.75, 3.05) is 33.3 Å². The molecule has 0 saturated carbocycles. The van der Waals surface area contributed by atoms with Crippen LogP contribution in [0.3, 0.4) is 0 Å². The van der Waals surface area contributed by atoms with Gasteiger partial charge in [-0.2, -0.15) is 0 Å². The van der Waals surface area contributed by atoms with E-state index < -0.39 is 6.09 Å². The maximum atomic E-state index is 12.7. The minimum absolute atomic E-state index is 0.0382. The molecule has 1 aliphatic heterocycles. The van der Waals surface area contributed by atoms with Crippen LogP contribution in [-0.2, 0) is 25.7 Å². The Labute approximate surface area is 289 Å². The summed E-state index contributed by atoms with van der Waals surface area (Å²) >= 11 is 0. The summed E-state index contributed by atoms with van der Waals surface area (Å²) in [4.78, 5) is 66.6. The van der Waals surface area contributed by atoms with Crippen molar-refractivity contribution in [3.05, 3.63) is 84.7 Å². The third-order valence-electron chi connectivity index (χ3n) is 8.89. The number of benzene rings is 3. The van der Waals surface area contributed by atoms with Crippen LogP contribution >= 0.6 is 0 Å². The van der Waals surface area contributed by atoms with E-state index in [2.05, 4.69) is 96.0 Å². The fourth-order valence-electron chi connectivity index (χ4n) is 6.33. The molecule has 6 rings (SSSR count). The number of carbonyl (C=O) groups is 4. The van der Waals surface area contributed by atoms with Gasteiger partial charge < -0.3 is 35.1 Å². The van der Waals surface area contributed by atoms with E-state index in [1.165, 1.54) is 7.11 Å². The van der Waals surface area contributed by atoms with Crippen molar-refractivity contribution in [3.63, 3.8) is 0 Å². The number of alkyl carbamates (subject to hydrolysis) is 1. The lowest BCUT2D eigenvalue weighted by atomic mass is 9.98. The highest BCUT2D eigenvalue weighted by Crippen LogP contribution is 2.33. The van der Waals surface area contributed by atoms with Crippen molar-refractivity contribution in [1.82, 2.24) is 40.4 Å². The molecule has 1 fully saturated rings. The van der Waals surface area contributed by atoms with Gasteiger partial charge in [-0.1, -0.05) is 55.5 Å². The number of methoxy groups -OCH3 is 1. The van der Waals surface area contributed by atoms with Crippen LogP contribution in [0.4, 0.5) is 4.79 Å². The number of imidazole rings is 2. The zero-order chi connectivity index (χ0) is 35.0. The molecule has 0 spiro atoms. The molecule has 13 heteroatoms. The van der Waals surface area contributed by atoms with Crippen LogP contribution in [0.25, 0.3) is 44.4 Å². The molecule has 3 aromatic carbocycles. The first-order valence-corrected chi connectivity index (χ1v) is 16.7. The maximum absolute atomic E-state index is 12.7. The van der Waals surface area contributed by atoms with Gasteiger partial charge in [-0.15, -0.1) is 0 Å². The summed E-state index contributed by atoms with van der Waals surface area (Å²) in [6, 6.07) is 20.8. The normalized spacial score (nSPS) is 14.0. The van der Waals surface area contributed by atoms with Gasteiger partial charge in [-0.25, -0.2) is 14.8 Å². The van der Waals surface area contributed by atoms with Gasteiger partial charge in [0.1, 0.15) is 18.2 Å². The third kappa shape index (κ3) is 7.67. The van der Waals surface area contributed by atoms with Crippen LogP contribution in [0.2, 0.25) is 0 Å². The number of aromatic nitrogens is 4. The van der Waals surface area contributed by atoms with Gasteiger partial charge in [-0.3, -0.25) is 14.4 Å². The number of rotatable bonds is 13. The Morgan fingerprint density at radius 1 is 0.920 bits per heavy atom. The number of amides is 4. The summed E-state index contributed by atoms with van der Waals surface area (Å²) in [7, 11) is 1.27. The Bertz CT molecular complexity index is 1990. The van der Waals surface area contributed by atoms with Gasteiger partial charge in [0.2, 0.25) is 18.2 Å². The second kappa shape index (κ2) is 15.5. The lowest BCUT2D eigenvalue weighted by Gasteiger charge is -2.23. The Hall–Kier alpha value is -5.98. The summed E-state index contributed by atoms with van der Waals surface area (Å²) in [6.45, 7) is 3.36. The van der Waals surface area contributed by atoms with E-state index in [9.17, 15) is 19.2 Å². The van der Waals surface area contributed by atoms with Crippen molar-refractivity contribution in [3.8, 4) is 33.6 Å². The summed E-state index contributed by atoms with van der Waals surface area (Å²) < 4.78 is 4.57. The summed E-state index contributed by atoms with van der Waals surface area (Å²) in [5, 5.41) is 7.09. The van der Waals surface area contributed by atoms with Crippen LogP contribution in [0.15, 0.2) is 73.1 Å². The van der Waals surface area contributed by atoms with Crippen LogP contribution in [0, 0.1) is 0 Å². The molecule has 13 nitrogen and oxygen atoms in total. The molecule has 0 unspecified atom stereocenters. The van der Waals surface area contributed by atoms with Gasteiger partial charge in [-0.05, 0) is 58.9 Å². The summed E-state index contributed by atoms with van der Waals surface area (Å²) in [6.07, 6.45) is 5.92. The number of hydrogen-bond acceptors (Lipinski definition) is 7. The van der Waals surface area contributed by atoms with Gasteiger partial charge >= 0.3 is 6.09 Å². The lowest BCUT2D eigenvalue weighted by Crippen LogP contribution is -2.40. The van der Waals surface area contributed by atoms with Gasteiger partial charge in [0.15, 0.2) is 0 Å². The Balaban J connectivity index is 1.11. The number of aromatic amines is 2. The second-order valence-electron chi connectivity index (χ2n) is 12.2. The molecule has 0 aliphatic carbocycles. The molecule has 4 N–H and O–H groups in total. The molecule has 1 saturated heterocycles. The molecule has 3 heterocycles. The van der Waals surface area contributed by atoms with Crippen molar-refractivity contribution in [2.45, 2.75) is 38.8 Å². The topological polar surface area (TPSA) is 165 Å². The quantitative estimate of drug-likeness (QED) is 0.130. The highest BCUT2D eigenvalue weighted by atomic mass is 16.5. The van der Waals surface area contributed by atoms with Gasteiger partial charge in [0.05, 0.1) is 50.0 Å². The average Bonchev–Trinajstić information content (AvgIpc) is 3.94. The Morgan fingerprint density at radius 2 is 1.60 bits per heavy atom. The maximum Gasteiger partial charge on any atom is 0.407 e. The van der Waals surface area contributed by atoms with Crippen molar-refractivity contribution < 1.29 is 23.9 Å². The number of H-pyrrole nitrogens is 2. The molecular formula is C37H40N8O5. The smallest absolute Gasteiger partial charge is 0.407 e. The fraction of sp³-hybridized carbons (Fsp3) is 0.297. The third-order valence-corrected chi connectivity index (χ3v) is 8.89. The van der Waals surface area contributed by atoms with E-state index in [1.807, 2.05) is 6.92 Å². The summed E-state index contributed by atoms with van der Waals surface area (Å²) in [5.41, 5.74) is 5.88. The molecule has 2 aromatic heterocycles. The highest BCUT2D eigenvalue weighted by molar-refractivity contribution is 5.90. The molecule has 0 bridgehead atoms. The molecule has 258 valence electrons. The van der Waals surface area contributed by atoms with E-state index in [-0.39, 0.29) is 30.9 Å². The molecule has 1 aliphatic rings. The number of nitrogens with one attached hydrogen (secondary N) is 4. The van der Waals surface area contributed by atoms with Crippen LogP contribution in [0.5, 0.6) is 0 Å². The largest absolute Gasteiger partial charge is 0.453 e. The zero-order valence-corrected chi connectivity index (χ0v) is 28.1. The van der Waals surface area contributed by atoms with Gasteiger partial charge in [0.25, 0.3) is 0 Å². The van der Waals surface area contributed by atoms with Gasteiger partial charge in [0, 0.05) is 18.7 Å². The molecule has 50 heavy (non-hydrogen) atoms. The van der Waals surface area contributed by atoms with E-state index in [0.29, 0.717) is 31.9 Å². The fourth-order valence-corrected chi connectivity index (χ4v) is 6.33. The zero-order valence-electron chi connectivity index (χ0n) is 28.1. The Morgan fingerprint density at radius 3 is 2.34 bits per heavy atom. The molecule has 5 aromatic rings. The first-order chi connectivity index (χ1) is 24.4. The SMILES string of the molecule is CCCN(Cc1ncc(-c2ccc3cc(-c4ccc(-c5cnc([C@@H]6CCCN6C(=O)CNC(=O)OC)[nH]5)cc4)ccc3c2)[nH]1)C(=O)CNC=O. The highest BCUT2D eigenvalue weighted by Gasteiger charge is 2.32. The number of hydrogen-bond donors (Lipinski definition) is 4. The van der Waals surface area contributed by atoms with Crippen LogP contribution < -0.4 is 10.6 Å². The van der Waals surface area contributed by atoms with Crippen LogP contribution in [0.1, 0.15) is 43.9 Å². The first-order valence-electron chi connectivity index (χ1n) is 16.7. The molecule has 1 atom stereocenters. The lowest BCUT2D eigenvalue weighted by molar-refractivity contribution is -0.132. The van der Waals surface area contributed by atoms with E-state index >= 15 is 0 Å². The molecule has 0 radical (unpaired) electrons. The second-order valence-corrected chi connectivity index (χ2v) is 12.2. The van der Waals surface area contributed by atoms with E-state index in [0.717, 1.165) is 69.5 Å².